The van der Waals surface area contributed by atoms with Gasteiger partial charge in [0.25, 0.3) is 0 Å². The lowest BCUT2D eigenvalue weighted by Gasteiger charge is -2.14. The van der Waals surface area contributed by atoms with Gasteiger partial charge in [-0.25, -0.2) is 9.97 Å². The summed E-state index contributed by atoms with van der Waals surface area (Å²) in [6, 6.07) is 5.88. The Kier molecular flexibility index (Phi) is 6.94. The number of ether oxygens (including phenoxy) is 1. The van der Waals surface area contributed by atoms with Crippen LogP contribution in [0, 0.1) is 0 Å². The molecule has 2 heterocycles. The van der Waals surface area contributed by atoms with Crippen LogP contribution in [-0.2, 0) is 17.9 Å². The average Bonchev–Trinajstić information content (AvgIpc) is 3.11. The third kappa shape index (κ3) is 4.25. The summed E-state index contributed by atoms with van der Waals surface area (Å²) in [5, 5.41) is 20.3. The number of aliphatic hydroxyl groups is 2. The number of fused-ring (bicyclic) bond motifs is 3. The number of nitrogens with zero attached hydrogens (tertiary/aromatic N) is 4. The molecule has 0 spiro atoms. The molecule has 30 heavy (non-hydrogen) atoms. The van der Waals surface area contributed by atoms with Crippen molar-refractivity contribution in [1.29, 1.82) is 0 Å². The molecule has 0 amide bonds. The number of aliphatic hydroxyl groups excluding tert-OH is 2. The van der Waals surface area contributed by atoms with Gasteiger partial charge in [0.2, 0.25) is 0 Å². The summed E-state index contributed by atoms with van der Waals surface area (Å²) >= 11 is 0. The zero-order chi connectivity index (χ0) is 21.7. The van der Waals surface area contributed by atoms with Crippen molar-refractivity contribution in [2.45, 2.75) is 33.1 Å². The highest BCUT2D eigenvalue weighted by atomic mass is 16.5. The molecular weight excluding hydrogens is 382 g/mol. The van der Waals surface area contributed by atoms with Gasteiger partial charge in [-0.2, -0.15) is 0 Å². The predicted octanol–water partition coefficient (Wildman–Crippen LogP) is 2.67. The third-order valence-electron chi connectivity index (χ3n) is 4.79. The van der Waals surface area contributed by atoms with Crippen molar-refractivity contribution in [3.63, 3.8) is 0 Å². The minimum Gasteiger partial charge on any atom is -0.394 e. The van der Waals surface area contributed by atoms with Crippen molar-refractivity contribution in [2.24, 2.45) is 4.99 Å². The van der Waals surface area contributed by atoms with E-state index in [4.69, 9.17) is 10.5 Å². The molecular formula is C22H27N5O3. The van der Waals surface area contributed by atoms with Crippen molar-refractivity contribution in [3.05, 3.63) is 48.4 Å². The quantitative estimate of drug-likeness (QED) is 0.468. The second kappa shape index (κ2) is 9.62. The molecule has 8 nitrogen and oxygen atoms in total. The van der Waals surface area contributed by atoms with Gasteiger partial charge in [-0.3, -0.25) is 4.99 Å². The van der Waals surface area contributed by atoms with E-state index >= 15 is 0 Å². The van der Waals surface area contributed by atoms with Crippen LogP contribution in [0.25, 0.3) is 27.5 Å². The summed E-state index contributed by atoms with van der Waals surface area (Å²) in [6.45, 7) is 8.05. The van der Waals surface area contributed by atoms with Crippen LogP contribution in [0.5, 0.6) is 0 Å². The molecule has 0 aliphatic rings. The normalized spacial score (nSPS) is 13.5. The van der Waals surface area contributed by atoms with Gasteiger partial charge >= 0.3 is 0 Å². The molecule has 4 N–H and O–H groups in total. The van der Waals surface area contributed by atoms with Crippen LogP contribution >= 0.6 is 0 Å². The number of hydrogen-bond donors (Lipinski definition) is 3. The monoisotopic (exact) mass is 409 g/mol. The SMILES string of the molecule is C=CN=C/C(=C\C)c1ccc2c(c1)nc(N)c1nc(COCC)n(CC(O)CO)c12. The second-order valence-electron chi connectivity index (χ2n) is 6.74. The first kappa shape index (κ1) is 21.6. The number of pyridine rings is 1. The Morgan fingerprint density at radius 2 is 2.20 bits per heavy atom. The van der Waals surface area contributed by atoms with Crippen LogP contribution in [-0.4, -0.2) is 50.3 Å². The van der Waals surface area contributed by atoms with E-state index in [2.05, 4.69) is 21.5 Å². The number of aromatic nitrogens is 3. The standard InChI is InChI=1S/C22H27N5O3/c1-4-14(10-24-5-2)15-7-8-17-18(9-15)25-22(23)20-21(17)27(11-16(29)12-28)19(26-20)13-30-6-3/h4-5,7-10,16,28-29H,2,6,11-13H2,1,3H3,(H2,23,25)/b14-4+,24-10?. The Morgan fingerprint density at radius 3 is 2.87 bits per heavy atom. The van der Waals surface area contributed by atoms with Crippen LogP contribution in [0.1, 0.15) is 25.2 Å². The number of benzene rings is 1. The minimum absolute atomic E-state index is 0.168. The number of allylic oxidation sites excluding steroid dienone is 2. The Morgan fingerprint density at radius 1 is 1.40 bits per heavy atom. The van der Waals surface area contributed by atoms with Crippen LogP contribution in [0.4, 0.5) is 5.82 Å². The topological polar surface area (TPSA) is 119 Å². The lowest BCUT2D eigenvalue weighted by Crippen LogP contribution is -2.21. The number of nitrogen functional groups attached to an aromatic ring is 1. The first-order chi connectivity index (χ1) is 14.5. The summed E-state index contributed by atoms with van der Waals surface area (Å²) in [5.41, 5.74) is 10.1. The van der Waals surface area contributed by atoms with E-state index in [1.807, 2.05) is 42.7 Å². The van der Waals surface area contributed by atoms with Gasteiger partial charge in [0.1, 0.15) is 17.9 Å². The summed E-state index contributed by atoms with van der Waals surface area (Å²) in [7, 11) is 0. The fourth-order valence-corrected chi connectivity index (χ4v) is 3.35. The number of hydrogen-bond acceptors (Lipinski definition) is 7. The summed E-state index contributed by atoms with van der Waals surface area (Å²) in [6.07, 6.45) is 4.24. The van der Waals surface area contributed by atoms with Crippen molar-refractivity contribution >= 4 is 39.5 Å². The summed E-state index contributed by atoms with van der Waals surface area (Å²) < 4.78 is 7.39. The molecule has 0 saturated heterocycles. The number of anilines is 1. The average molecular weight is 409 g/mol. The molecule has 3 rings (SSSR count). The smallest absolute Gasteiger partial charge is 0.152 e. The fourth-order valence-electron chi connectivity index (χ4n) is 3.35. The maximum Gasteiger partial charge on any atom is 0.152 e. The van der Waals surface area contributed by atoms with E-state index in [-0.39, 0.29) is 19.8 Å². The number of imidazole rings is 1. The maximum atomic E-state index is 10.1. The molecule has 0 radical (unpaired) electrons. The molecule has 0 aliphatic carbocycles. The Hall–Kier alpha value is -3.07. The van der Waals surface area contributed by atoms with Crippen molar-refractivity contribution in [1.82, 2.24) is 14.5 Å². The van der Waals surface area contributed by atoms with Gasteiger partial charge in [-0.15, -0.1) is 0 Å². The zero-order valence-corrected chi connectivity index (χ0v) is 17.2. The molecule has 158 valence electrons. The lowest BCUT2D eigenvalue weighted by atomic mass is 10.0. The molecule has 0 fully saturated rings. The zero-order valence-electron chi connectivity index (χ0n) is 17.2. The molecule has 0 saturated carbocycles. The first-order valence-electron chi connectivity index (χ1n) is 9.79. The van der Waals surface area contributed by atoms with E-state index in [0.717, 1.165) is 22.0 Å². The summed E-state index contributed by atoms with van der Waals surface area (Å²) in [4.78, 5) is 13.3. The predicted molar refractivity (Wildman–Crippen MR) is 120 cm³/mol. The Balaban J connectivity index is 2.24. The van der Waals surface area contributed by atoms with Gasteiger partial charge in [0.05, 0.1) is 30.3 Å². The lowest BCUT2D eigenvalue weighted by molar-refractivity contribution is 0.0774. The van der Waals surface area contributed by atoms with Gasteiger partial charge in [0.15, 0.2) is 5.82 Å². The largest absolute Gasteiger partial charge is 0.394 e. The molecule has 2 aromatic heterocycles. The van der Waals surface area contributed by atoms with E-state index in [9.17, 15) is 10.2 Å². The molecule has 0 aliphatic heterocycles. The van der Waals surface area contributed by atoms with E-state index < -0.39 is 6.10 Å². The van der Waals surface area contributed by atoms with Crippen LogP contribution in [0.2, 0.25) is 0 Å². The van der Waals surface area contributed by atoms with Gasteiger partial charge < -0.3 is 25.3 Å². The maximum absolute atomic E-state index is 10.1. The van der Waals surface area contributed by atoms with Crippen LogP contribution in [0.3, 0.4) is 0 Å². The Bertz CT molecular complexity index is 1120. The number of aliphatic imine (C=N–C) groups is 1. The molecule has 3 aromatic rings. The van der Waals surface area contributed by atoms with E-state index in [1.165, 1.54) is 6.20 Å². The molecule has 8 heteroatoms. The molecule has 1 atom stereocenters. The highest BCUT2D eigenvalue weighted by molar-refractivity contribution is 6.12. The van der Waals surface area contributed by atoms with Gasteiger partial charge in [-0.1, -0.05) is 24.8 Å². The third-order valence-corrected chi connectivity index (χ3v) is 4.79. The van der Waals surface area contributed by atoms with Crippen LogP contribution in [0.15, 0.2) is 42.0 Å². The molecule has 1 unspecified atom stereocenters. The number of rotatable bonds is 9. The van der Waals surface area contributed by atoms with Gasteiger partial charge in [0, 0.05) is 24.4 Å². The van der Waals surface area contributed by atoms with Crippen LogP contribution < -0.4 is 5.73 Å². The van der Waals surface area contributed by atoms with E-state index in [0.29, 0.717) is 29.3 Å². The number of nitrogens with two attached hydrogens (primary N) is 1. The Labute approximate surface area is 175 Å². The molecule has 0 bridgehead atoms. The molecule has 1 aromatic carbocycles. The highest BCUT2D eigenvalue weighted by Crippen LogP contribution is 2.31. The minimum atomic E-state index is -0.934. The van der Waals surface area contributed by atoms with Gasteiger partial charge in [-0.05, 0) is 31.1 Å². The van der Waals surface area contributed by atoms with Crippen molar-refractivity contribution in [3.8, 4) is 0 Å². The van der Waals surface area contributed by atoms with Crippen molar-refractivity contribution < 1.29 is 14.9 Å². The van der Waals surface area contributed by atoms with E-state index in [1.54, 1.807) is 6.21 Å². The first-order valence-corrected chi connectivity index (χ1v) is 9.79. The van der Waals surface area contributed by atoms with Crippen molar-refractivity contribution in [2.75, 3.05) is 18.9 Å². The highest BCUT2D eigenvalue weighted by Gasteiger charge is 2.19. The fraction of sp³-hybridized carbons (Fsp3) is 0.318. The second-order valence-corrected chi connectivity index (χ2v) is 6.74. The summed E-state index contributed by atoms with van der Waals surface area (Å²) in [5.74, 6) is 0.920.